The van der Waals surface area contributed by atoms with Gasteiger partial charge in [0.2, 0.25) is 11.8 Å². The number of rotatable bonds is 7. The van der Waals surface area contributed by atoms with Crippen LogP contribution < -0.4 is 14.7 Å². The Morgan fingerprint density at radius 2 is 1.72 bits per heavy atom. The molecule has 3 heterocycles. The number of carbonyl (C=O) groups excluding carboxylic acids is 3. The van der Waals surface area contributed by atoms with Gasteiger partial charge in [-0.1, -0.05) is 35.2 Å². The lowest BCUT2D eigenvalue weighted by Gasteiger charge is -2.31. The van der Waals surface area contributed by atoms with Gasteiger partial charge in [0.15, 0.2) is 0 Å². The number of thiazole rings is 1. The van der Waals surface area contributed by atoms with Gasteiger partial charge in [0.25, 0.3) is 5.69 Å². The number of esters is 1. The number of nitro benzene ring substituents is 1. The number of nitrogens with zero attached hydrogens (tertiary/aromatic N) is 4. The summed E-state index contributed by atoms with van der Waals surface area (Å²) in [5.41, 5.74) is 1.77. The maximum atomic E-state index is 13.9. The van der Waals surface area contributed by atoms with Gasteiger partial charge in [-0.05, 0) is 36.8 Å². The summed E-state index contributed by atoms with van der Waals surface area (Å²) in [4.78, 5) is 66.7. The van der Waals surface area contributed by atoms with Crippen molar-refractivity contribution in [1.82, 2.24) is 4.57 Å². The van der Waals surface area contributed by atoms with Crippen LogP contribution in [0.2, 0.25) is 0 Å². The minimum Gasteiger partial charge on any atom is -0.465 e. The van der Waals surface area contributed by atoms with Gasteiger partial charge in [-0.2, -0.15) is 0 Å². The van der Waals surface area contributed by atoms with Gasteiger partial charge in [-0.3, -0.25) is 33.9 Å². The monoisotopic (exact) mass is 568 g/mol. The van der Waals surface area contributed by atoms with Gasteiger partial charge >= 0.3 is 10.8 Å². The fraction of sp³-hybridized carbons (Fsp3) is 0.308. The van der Waals surface area contributed by atoms with E-state index >= 15 is 0 Å². The summed E-state index contributed by atoms with van der Waals surface area (Å²) in [6.07, 6.45) is 0. The number of anilines is 2. The number of ether oxygens (including phenoxy) is 1. The first-order valence-corrected chi connectivity index (χ1v) is 13.8. The van der Waals surface area contributed by atoms with E-state index in [9.17, 15) is 29.3 Å². The highest BCUT2D eigenvalue weighted by atomic mass is 32.2. The summed E-state index contributed by atoms with van der Waals surface area (Å²) in [7, 11) is 3.81. The Kier molecular flexibility index (Phi) is 7.03. The summed E-state index contributed by atoms with van der Waals surface area (Å²) in [5.74, 6) is -2.93. The maximum Gasteiger partial charge on any atom is 0.326 e. The highest BCUT2D eigenvalue weighted by Gasteiger charge is 2.56. The topological polar surface area (TPSA) is 132 Å². The number of hydrogen-bond donors (Lipinski definition) is 0. The number of nitro groups is 1. The minimum atomic E-state index is -0.860. The Morgan fingerprint density at radius 3 is 2.31 bits per heavy atom. The third-order valence-electron chi connectivity index (χ3n) is 6.73. The van der Waals surface area contributed by atoms with Crippen LogP contribution >= 0.6 is 23.1 Å². The van der Waals surface area contributed by atoms with Crippen molar-refractivity contribution in [2.24, 2.45) is 5.92 Å². The van der Waals surface area contributed by atoms with Crippen molar-refractivity contribution in [1.29, 1.82) is 0 Å². The SMILES string of the molecule is CCOC(=O)Cn1c2c(sc1=O)[C@H](c1ccc(N(C)C)cc1)C1C(=O)N(c3ccc([N+](=O)[O-])cc3)C(=O)C1S2. The Bertz CT molecular complexity index is 1530. The second-order valence-electron chi connectivity index (χ2n) is 9.24. The maximum absolute atomic E-state index is 13.9. The van der Waals surface area contributed by atoms with Crippen LogP contribution in [0.5, 0.6) is 0 Å². The van der Waals surface area contributed by atoms with Crippen molar-refractivity contribution in [3.05, 3.63) is 78.8 Å². The zero-order valence-corrected chi connectivity index (χ0v) is 22.9. The molecule has 13 heteroatoms. The van der Waals surface area contributed by atoms with Crippen molar-refractivity contribution < 1.29 is 24.0 Å². The number of benzene rings is 2. The van der Waals surface area contributed by atoms with Crippen LogP contribution in [0.1, 0.15) is 23.3 Å². The van der Waals surface area contributed by atoms with E-state index in [1.807, 2.05) is 43.3 Å². The average molecular weight is 569 g/mol. The molecule has 5 rings (SSSR count). The third kappa shape index (κ3) is 4.61. The molecule has 0 saturated carbocycles. The molecule has 202 valence electrons. The van der Waals surface area contributed by atoms with Gasteiger partial charge in [0.05, 0.1) is 28.2 Å². The van der Waals surface area contributed by atoms with Crippen molar-refractivity contribution in [3.63, 3.8) is 0 Å². The van der Waals surface area contributed by atoms with Crippen LogP contribution in [0.4, 0.5) is 17.1 Å². The first-order chi connectivity index (χ1) is 18.6. The number of non-ortho nitro benzene ring substituents is 1. The van der Waals surface area contributed by atoms with Crippen LogP contribution in [0.3, 0.4) is 0 Å². The molecule has 0 aliphatic carbocycles. The van der Waals surface area contributed by atoms with Gasteiger partial charge < -0.3 is 9.64 Å². The van der Waals surface area contributed by atoms with Crippen LogP contribution in [0.15, 0.2) is 58.4 Å². The molecule has 39 heavy (non-hydrogen) atoms. The molecular formula is C26H24N4O7S2. The number of thioether (sulfide) groups is 1. The Morgan fingerprint density at radius 1 is 1.05 bits per heavy atom. The van der Waals surface area contributed by atoms with E-state index in [4.69, 9.17) is 4.74 Å². The van der Waals surface area contributed by atoms with Crippen molar-refractivity contribution in [3.8, 4) is 0 Å². The van der Waals surface area contributed by atoms with E-state index < -0.39 is 39.8 Å². The lowest BCUT2D eigenvalue weighted by Crippen LogP contribution is -2.32. The Balaban J connectivity index is 1.62. The summed E-state index contributed by atoms with van der Waals surface area (Å²) >= 11 is 2.05. The minimum absolute atomic E-state index is 0.159. The van der Waals surface area contributed by atoms with E-state index in [2.05, 4.69) is 0 Å². The van der Waals surface area contributed by atoms with Gasteiger partial charge in [0, 0.05) is 42.7 Å². The molecule has 0 spiro atoms. The Hall–Kier alpha value is -3.97. The number of hydrogen-bond acceptors (Lipinski definition) is 10. The van der Waals surface area contributed by atoms with Crippen molar-refractivity contribution >= 4 is 57.9 Å². The molecule has 0 bridgehead atoms. The molecule has 2 aromatic carbocycles. The van der Waals surface area contributed by atoms with E-state index in [0.717, 1.165) is 39.2 Å². The number of aromatic nitrogens is 1. The van der Waals surface area contributed by atoms with Gasteiger partial charge in [-0.25, -0.2) is 4.90 Å². The zero-order valence-electron chi connectivity index (χ0n) is 21.2. The van der Waals surface area contributed by atoms with E-state index in [-0.39, 0.29) is 29.4 Å². The molecule has 3 aromatic rings. The first kappa shape index (κ1) is 26.6. The predicted octanol–water partition coefficient (Wildman–Crippen LogP) is 3.24. The number of fused-ring (bicyclic) bond motifs is 2. The largest absolute Gasteiger partial charge is 0.465 e. The average Bonchev–Trinajstić information content (AvgIpc) is 3.35. The molecule has 11 nitrogen and oxygen atoms in total. The number of amides is 2. The molecule has 3 atom stereocenters. The van der Waals surface area contributed by atoms with Gasteiger partial charge in [0.1, 0.15) is 11.8 Å². The number of imide groups is 1. The molecule has 2 amide bonds. The molecular weight excluding hydrogens is 544 g/mol. The van der Waals surface area contributed by atoms with E-state index in [0.29, 0.717) is 9.90 Å². The lowest BCUT2D eigenvalue weighted by atomic mass is 9.83. The second-order valence-corrected chi connectivity index (χ2v) is 11.4. The third-order valence-corrected chi connectivity index (χ3v) is 9.33. The highest BCUT2D eigenvalue weighted by Crippen LogP contribution is 2.54. The molecule has 1 aromatic heterocycles. The van der Waals surface area contributed by atoms with Crippen molar-refractivity contribution in [2.75, 3.05) is 30.5 Å². The molecule has 2 aliphatic heterocycles. The van der Waals surface area contributed by atoms with Crippen LogP contribution in [0, 0.1) is 16.0 Å². The molecule has 1 fully saturated rings. The Labute approximate surface area is 231 Å². The molecule has 2 aliphatic rings. The van der Waals surface area contributed by atoms with Crippen LogP contribution in [-0.4, -0.2) is 53.2 Å². The van der Waals surface area contributed by atoms with Crippen molar-refractivity contribution in [2.45, 2.75) is 29.7 Å². The highest BCUT2D eigenvalue weighted by molar-refractivity contribution is 8.00. The summed E-state index contributed by atoms with van der Waals surface area (Å²) in [6.45, 7) is 1.53. The zero-order chi connectivity index (χ0) is 28.0. The smallest absolute Gasteiger partial charge is 0.326 e. The van der Waals surface area contributed by atoms with E-state index in [1.165, 1.54) is 28.8 Å². The predicted molar refractivity (Wildman–Crippen MR) is 147 cm³/mol. The quantitative estimate of drug-likeness (QED) is 0.182. The molecule has 2 unspecified atom stereocenters. The standard InChI is InChI=1S/C26H24N4O7S2/c1-4-37-18(31)13-28-25-22(39-26(28)34)19(14-5-7-15(8-6-14)27(2)3)20-21(38-25)24(33)29(23(20)32)16-9-11-17(12-10-16)30(35)36/h5-12,19-21H,4,13H2,1-3H3/t19-,20?,21?/m1/s1. The van der Waals surface area contributed by atoms with E-state index in [1.54, 1.807) is 6.92 Å². The van der Waals surface area contributed by atoms with Crippen LogP contribution in [0.25, 0.3) is 0 Å². The summed E-state index contributed by atoms with van der Waals surface area (Å²) in [6, 6.07) is 12.8. The summed E-state index contributed by atoms with van der Waals surface area (Å²) in [5, 5.41) is 10.7. The molecule has 1 saturated heterocycles. The fourth-order valence-corrected chi connectivity index (χ4v) is 7.68. The molecule has 0 radical (unpaired) electrons. The van der Waals surface area contributed by atoms with Gasteiger partial charge in [-0.15, -0.1) is 0 Å². The van der Waals surface area contributed by atoms with Crippen LogP contribution in [-0.2, 0) is 25.7 Å². The first-order valence-electron chi connectivity index (χ1n) is 12.1. The number of carbonyl (C=O) groups is 3. The fourth-order valence-electron chi connectivity index (χ4n) is 4.91. The second kappa shape index (κ2) is 10.3. The molecule has 0 N–H and O–H groups in total. The summed E-state index contributed by atoms with van der Waals surface area (Å²) < 4.78 is 6.36. The lowest BCUT2D eigenvalue weighted by molar-refractivity contribution is -0.384. The normalized spacial score (nSPS) is 20.0.